The van der Waals surface area contributed by atoms with Crippen LogP contribution in [0.4, 0.5) is 0 Å². The topological polar surface area (TPSA) is 80.8 Å². The lowest BCUT2D eigenvalue weighted by molar-refractivity contribution is -0.891. The van der Waals surface area contributed by atoms with Crippen LogP contribution >= 0.6 is 0 Å². The van der Waals surface area contributed by atoms with Crippen molar-refractivity contribution in [1.82, 2.24) is 5.32 Å². The SMILES string of the molecule is C[NH+](C)[C@H](CNC(=O)c1ccc(S(C)(=O)=O)cc1)c1ccco1. The second-order valence-electron chi connectivity index (χ2n) is 5.65. The lowest BCUT2D eigenvalue weighted by atomic mass is 10.2. The maximum atomic E-state index is 12.2. The second-order valence-corrected chi connectivity index (χ2v) is 7.67. The van der Waals surface area contributed by atoms with Gasteiger partial charge in [-0.15, -0.1) is 0 Å². The zero-order valence-corrected chi connectivity index (χ0v) is 14.2. The van der Waals surface area contributed by atoms with E-state index in [1.807, 2.05) is 26.2 Å². The lowest BCUT2D eigenvalue weighted by Gasteiger charge is -2.19. The largest absolute Gasteiger partial charge is 0.463 e. The van der Waals surface area contributed by atoms with Crippen LogP contribution in [0.3, 0.4) is 0 Å². The average molecular weight is 337 g/mol. The predicted molar refractivity (Wildman–Crippen MR) is 86.1 cm³/mol. The first-order valence-electron chi connectivity index (χ1n) is 7.21. The Hall–Kier alpha value is -2.12. The van der Waals surface area contributed by atoms with Gasteiger partial charge in [-0.25, -0.2) is 8.42 Å². The number of hydrogen-bond acceptors (Lipinski definition) is 4. The molecular formula is C16H21N2O4S+. The minimum absolute atomic E-state index is 0.00393. The van der Waals surface area contributed by atoms with Gasteiger partial charge in [-0.2, -0.15) is 0 Å². The highest BCUT2D eigenvalue weighted by Crippen LogP contribution is 2.12. The first kappa shape index (κ1) is 17.2. The van der Waals surface area contributed by atoms with Crippen LogP contribution < -0.4 is 10.2 Å². The Morgan fingerprint density at radius 3 is 2.35 bits per heavy atom. The number of nitrogens with one attached hydrogen (secondary N) is 2. The van der Waals surface area contributed by atoms with Gasteiger partial charge in [0.15, 0.2) is 21.6 Å². The molecule has 0 unspecified atom stereocenters. The third-order valence-electron chi connectivity index (χ3n) is 3.59. The summed E-state index contributed by atoms with van der Waals surface area (Å²) in [6.45, 7) is 0.419. The molecule has 0 saturated heterocycles. The smallest absolute Gasteiger partial charge is 0.251 e. The summed E-state index contributed by atoms with van der Waals surface area (Å²) in [5, 5.41) is 2.86. The van der Waals surface area contributed by atoms with Gasteiger partial charge in [0.25, 0.3) is 5.91 Å². The van der Waals surface area contributed by atoms with Gasteiger partial charge in [-0.1, -0.05) is 0 Å². The van der Waals surface area contributed by atoms with E-state index in [2.05, 4.69) is 5.32 Å². The fourth-order valence-electron chi connectivity index (χ4n) is 2.23. The summed E-state index contributed by atoms with van der Waals surface area (Å²) in [6.07, 6.45) is 2.74. The summed E-state index contributed by atoms with van der Waals surface area (Å²) in [7, 11) is 0.713. The number of rotatable bonds is 6. The summed E-state index contributed by atoms with van der Waals surface area (Å²) in [4.78, 5) is 13.5. The molecule has 1 aromatic carbocycles. The third-order valence-corrected chi connectivity index (χ3v) is 4.72. The van der Waals surface area contributed by atoms with Gasteiger partial charge in [0.2, 0.25) is 0 Å². The second kappa shape index (κ2) is 6.97. The average Bonchev–Trinajstić information content (AvgIpc) is 3.00. The maximum Gasteiger partial charge on any atom is 0.251 e. The Morgan fingerprint density at radius 1 is 1.22 bits per heavy atom. The van der Waals surface area contributed by atoms with E-state index in [0.717, 1.165) is 16.9 Å². The standard InChI is InChI=1S/C16H20N2O4S/c1-18(2)14(15-5-4-10-22-15)11-17-16(19)12-6-8-13(9-7-12)23(3,20)21/h4-10,14H,11H2,1-3H3,(H,17,19)/p+1/t14-/m1/s1. The van der Waals surface area contributed by atoms with Crippen LogP contribution in [0.1, 0.15) is 22.2 Å². The summed E-state index contributed by atoms with van der Waals surface area (Å²) >= 11 is 0. The lowest BCUT2D eigenvalue weighted by Crippen LogP contribution is -3.07. The molecule has 0 saturated carbocycles. The maximum absolute atomic E-state index is 12.2. The van der Waals surface area contributed by atoms with E-state index >= 15 is 0 Å². The number of likely N-dealkylation sites (N-methyl/N-ethyl adjacent to an activating group) is 1. The van der Waals surface area contributed by atoms with Crippen LogP contribution in [0.15, 0.2) is 52.0 Å². The zero-order valence-electron chi connectivity index (χ0n) is 13.4. The van der Waals surface area contributed by atoms with Gasteiger partial charge >= 0.3 is 0 Å². The molecule has 0 aliphatic heterocycles. The number of carbonyl (C=O) groups excluding carboxylic acids is 1. The molecule has 0 radical (unpaired) electrons. The molecule has 6 nitrogen and oxygen atoms in total. The van der Waals surface area contributed by atoms with Crippen molar-refractivity contribution in [2.24, 2.45) is 0 Å². The molecule has 1 heterocycles. The van der Waals surface area contributed by atoms with Crippen LogP contribution in [-0.4, -0.2) is 41.2 Å². The monoisotopic (exact) mass is 337 g/mol. The number of quaternary nitrogens is 1. The van der Waals surface area contributed by atoms with Crippen LogP contribution in [0, 0.1) is 0 Å². The Labute approximate surface area is 136 Å². The highest BCUT2D eigenvalue weighted by atomic mass is 32.2. The molecule has 0 aliphatic rings. The van der Waals surface area contributed by atoms with Gasteiger partial charge in [-0.3, -0.25) is 4.79 Å². The molecule has 2 aromatic rings. The van der Waals surface area contributed by atoms with Gasteiger partial charge < -0.3 is 14.6 Å². The van der Waals surface area contributed by atoms with Crippen LogP contribution in [-0.2, 0) is 9.84 Å². The summed E-state index contributed by atoms with van der Waals surface area (Å²) in [5.41, 5.74) is 0.421. The Balaban J connectivity index is 2.04. The van der Waals surface area contributed by atoms with E-state index in [1.54, 1.807) is 6.26 Å². The Morgan fingerprint density at radius 2 is 1.87 bits per heavy atom. The number of sulfone groups is 1. The van der Waals surface area contributed by atoms with E-state index in [9.17, 15) is 13.2 Å². The molecule has 2 N–H and O–H groups in total. The van der Waals surface area contributed by atoms with Gasteiger partial charge in [0.05, 0.1) is 31.8 Å². The third kappa shape index (κ3) is 4.43. The molecular weight excluding hydrogens is 316 g/mol. The molecule has 124 valence electrons. The molecule has 1 atom stereocenters. The first-order valence-corrected chi connectivity index (χ1v) is 9.10. The molecule has 1 aromatic heterocycles. The van der Waals surface area contributed by atoms with Gasteiger partial charge in [-0.05, 0) is 36.4 Å². The van der Waals surface area contributed by atoms with Crippen LogP contribution in [0.5, 0.6) is 0 Å². The van der Waals surface area contributed by atoms with Crippen LogP contribution in [0.25, 0.3) is 0 Å². The summed E-state index contributed by atoms with van der Waals surface area (Å²) in [6, 6.07) is 9.59. The first-order chi connectivity index (χ1) is 10.8. The molecule has 23 heavy (non-hydrogen) atoms. The quantitative estimate of drug-likeness (QED) is 0.794. The summed E-state index contributed by atoms with van der Waals surface area (Å²) < 4.78 is 28.3. The Bertz CT molecular complexity index is 750. The van der Waals surface area contributed by atoms with Gasteiger partial charge in [0, 0.05) is 11.8 Å². The number of carbonyl (C=O) groups is 1. The van der Waals surface area contributed by atoms with Crippen LogP contribution in [0.2, 0.25) is 0 Å². The van der Waals surface area contributed by atoms with E-state index < -0.39 is 9.84 Å². The highest BCUT2D eigenvalue weighted by molar-refractivity contribution is 7.90. The van der Waals surface area contributed by atoms with E-state index in [1.165, 1.54) is 24.3 Å². The molecule has 1 amide bonds. The Kier molecular flexibility index (Phi) is 5.23. The highest BCUT2D eigenvalue weighted by Gasteiger charge is 2.21. The molecule has 0 bridgehead atoms. The summed E-state index contributed by atoms with van der Waals surface area (Å²) in [5.74, 6) is 0.556. The molecule has 0 fully saturated rings. The van der Waals surface area contributed by atoms with Gasteiger partial charge in [0.1, 0.15) is 0 Å². The van der Waals surface area contributed by atoms with Crippen molar-refractivity contribution in [3.8, 4) is 0 Å². The van der Waals surface area contributed by atoms with Crippen molar-refractivity contribution in [2.75, 3.05) is 26.9 Å². The van der Waals surface area contributed by atoms with Crippen molar-refractivity contribution >= 4 is 15.7 Å². The molecule has 0 spiro atoms. The molecule has 2 rings (SSSR count). The normalized spacial score (nSPS) is 13.0. The zero-order chi connectivity index (χ0) is 17.0. The molecule has 0 aliphatic carbocycles. The molecule has 7 heteroatoms. The minimum atomic E-state index is -3.26. The van der Waals surface area contributed by atoms with E-state index in [4.69, 9.17) is 4.42 Å². The van der Waals surface area contributed by atoms with E-state index in [0.29, 0.717) is 12.1 Å². The number of benzene rings is 1. The van der Waals surface area contributed by atoms with Crippen molar-refractivity contribution in [3.63, 3.8) is 0 Å². The number of amides is 1. The van der Waals surface area contributed by atoms with Crippen molar-refractivity contribution in [2.45, 2.75) is 10.9 Å². The number of hydrogen-bond donors (Lipinski definition) is 2. The number of furan rings is 1. The van der Waals surface area contributed by atoms with Crippen molar-refractivity contribution in [3.05, 3.63) is 54.0 Å². The van der Waals surface area contributed by atoms with Crippen molar-refractivity contribution in [1.29, 1.82) is 0 Å². The predicted octanol–water partition coefficient (Wildman–Crippen LogP) is 0.299. The minimum Gasteiger partial charge on any atom is -0.463 e. The van der Waals surface area contributed by atoms with E-state index in [-0.39, 0.29) is 16.8 Å². The van der Waals surface area contributed by atoms with Crippen molar-refractivity contribution < 1.29 is 22.5 Å². The fourth-order valence-corrected chi connectivity index (χ4v) is 2.86. The fraction of sp³-hybridized carbons (Fsp3) is 0.312.